The van der Waals surface area contributed by atoms with E-state index in [1.54, 1.807) is 0 Å². The molecule has 1 aromatic heterocycles. The van der Waals surface area contributed by atoms with E-state index in [0.29, 0.717) is 31.1 Å². The molecule has 9 heteroatoms. The summed E-state index contributed by atoms with van der Waals surface area (Å²) in [6, 6.07) is 6.78. The molecule has 1 saturated heterocycles. The fourth-order valence-corrected chi connectivity index (χ4v) is 3.10. The van der Waals surface area contributed by atoms with Crippen molar-refractivity contribution in [3.8, 4) is 0 Å². The molecule has 1 unspecified atom stereocenters. The van der Waals surface area contributed by atoms with Gasteiger partial charge in [-0.15, -0.1) is 0 Å². The molecule has 3 aromatic rings. The van der Waals surface area contributed by atoms with Crippen molar-refractivity contribution in [1.29, 1.82) is 0 Å². The average molecular weight is 395 g/mol. The van der Waals surface area contributed by atoms with Crippen molar-refractivity contribution in [3.05, 3.63) is 65.4 Å². The molecule has 0 radical (unpaired) electrons. The second-order valence-corrected chi connectivity index (χ2v) is 6.41. The smallest absolute Gasteiger partial charge is 0.370 e. The van der Waals surface area contributed by atoms with Crippen molar-refractivity contribution in [3.63, 3.8) is 0 Å². The molecule has 1 aliphatic heterocycles. The third-order valence-electron chi connectivity index (χ3n) is 4.57. The molecule has 1 aliphatic rings. The summed E-state index contributed by atoms with van der Waals surface area (Å²) in [6.45, 7) is 1.17. The Hall–Kier alpha value is -2.81. The highest BCUT2D eigenvalue weighted by Gasteiger charge is 2.31. The van der Waals surface area contributed by atoms with Crippen LogP contribution in [0.2, 0.25) is 0 Å². The SMILES string of the molecule is Fc1cc2ncc(N3CCOC(c4ccc(C(F)(F)F)cc4)C3)nc2cc1F. The molecule has 0 aliphatic carbocycles. The van der Waals surface area contributed by atoms with Crippen LogP contribution in [0.1, 0.15) is 17.2 Å². The summed E-state index contributed by atoms with van der Waals surface area (Å²) < 4.78 is 70.6. The lowest BCUT2D eigenvalue weighted by Crippen LogP contribution is -2.39. The van der Waals surface area contributed by atoms with Crippen LogP contribution in [0.25, 0.3) is 11.0 Å². The van der Waals surface area contributed by atoms with Crippen LogP contribution < -0.4 is 4.90 Å². The van der Waals surface area contributed by atoms with Crippen molar-refractivity contribution >= 4 is 16.9 Å². The Labute approximate surface area is 156 Å². The van der Waals surface area contributed by atoms with Crippen LogP contribution in [0, 0.1) is 11.6 Å². The Bertz CT molecular complexity index is 1010. The number of benzene rings is 2. The number of anilines is 1. The summed E-state index contributed by atoms with van der Waals surface area (Å²) in [4.78, 5) is 10.3. The molecule has 2 aromatic carbocycles. The third-order valence-corrected chi connectivity index (χ3v) is 4.57. The summed E-state index contributed by atoms with van der Waals surface area (Å²) in [6.07, 6.45) is -3.39. The van der Waals surface area contributed by atoms with Gasteiger partial charge >= 0.3 is 6.18 Å². The molecule has 28 heavy (non-hydrogen) atoms. The van der Waals surface area contributed by atoms with E-state index in [1.165, 1.54) is 18.3 Å². The molecule has 4 nitrogen and oxygen atoms in total. The fraction of sp³-hybridized carbons (Fsp3) is 0.263. The molecular formula is C19H14F5N3O. The summed E-state index contributed by atoms with van der Waals surface area (Å²) >= 11 is 0. The first-order valence-electron chi connectivity index (χ1n) is 8.47. The first kappa shape index (κ1) is 18.5. The maximum atomic E-state index is 13.5. The Morgan fingerprint density at radius 2 is 1.68 bits per heavy atom. The topological polar surface area (TPSA) is 38.2 Å². The number of rotatable bonds is 2. The van der Waals surface area contributed by atoms with E-state index >= 15 is 0 Å². The van der Waals surface area contributed by atoms with Gasteiger partial charge in [0.25, 0.3) is 0 Å². The van der Waals surface area contributed by atoms with E-state index < -0.39 is 29.5 Å². The molecule has 0 amide bonds. The number of alkyl halides is 3. The minimum absolute atomic E-state index is 0.217. The summed E-state index contributed by atoms with van der Waals surface area (Å²) in [5, 5.41) is 0. The van der Waals surface area contributed by atoms with Crippen LogP contribution in [-0.4, -0.2) is 29.7 Å². The predicted molar refractivity (Wildman–Crippen MR) is 91.8 cm³/mol. The molecule has 0 bridgehead atoms. The number of morpholine rings is 1. The van der Waals surface area contributed by atoms with Gasteiger partial charge in [0.1, 0.15) is 11.9 Å². The Morgan fingerprint density at radius 3 is 2.36 bits per heavy atom. The molecule has 0 saturated carbocycles. The Morgan fingerprint density at radius 1 is 1.00 bits per heavy atom. The van der Waals surface area contributed by atoms with E-state index in [1.807, 2.05) is 4.90 Å². The minimum Gasteiger partial charge on any atom is -0.370 e. The first-order valence-corrected chi connectivity index (χ1v) is 8.47. The van der Waals surface area contributed by atoms with Crippen LogP contribution in [0.4, 0.5) is 27.8 Å². The zero-order valence-corrected chi connectivity index (χ0v) is 14.4. The monoisotopic (exact) mass is 395 g/mol. The van der Waals surface area contributed by atoms with Gasteiger partial charge in [-0.05, 0) is 17.7 Å². The molecule has 4 rings (SSSR count). The van der Waals surface area contributed by atoms with Gasteiger partial charge in [0.15, 0.2) is 11.6 Å². The third kappa shape index (κ3) is 3.62. The fourth-order valence-electron chi connectivity index (χ4n) is 3.10. The molecule has 2 heterocycles. The standard InChI is InChI=1S/C19H14F5N3O/c20-13-7-15-16(8-14(13)21)26-18(9-25-15)27-5-6-28-17(10-27)11-1-3-12(4-2-11)19(22,23)24/h1-4,7-9,17H,5-6,10H2. The second-order valence-electron chi connectivity index (χ2n) is 6.41. The maximum absolute atomic E-state index is 13.5. The quantitative estimate of drug-likeness (QED) is 0.599. The van der Waals surface area contributed by atoms with Gasteiger partial charge < -0.3 is 9.64 Å². The molecule has 0 spiro atoms. The van der Waals surface area contributed by atoms with E-state index in [-0.39, 0.29) is 11.0 Å². The number of hydrogen-bond acceptors (Lipinski definition) is 4. The summed E-state index contributed by atoms with van der Waals surface area (Å²) in [7, 11) is 0. The average Bonchev–Trinajstić information content (AvgIpc) is 2.68. The van der Waals surface area contributed by atoms with Gasteiger partial charge in [-0.2, -0.15) is 13.2 Å². The number of halogens is 5. The number of nitrogens with zero attached hydrogens (tertiary/aromatic N) is 3. The van der Waals surface area contributed by atoms with Gasteiger partial charge in [0, 0.05) is 25.2 Å². The highest BCUT2D eigenvalue weighted by atomic mass is 19.4. The number of ether oxygens (including phenoxy) is 1. The van der Waals surface area contributed by atoms with Gasteiger partial charge in [-0.3, -0.25) is 4.98 Å². The lowest BCUT2D eigenvalue weighted by molar-refractivity contribution is -0.137. The number of hydrogen-bond donors (Lipinski definition) is 0. The van der Waals surface area contributed by atoms with Crippen LogP contribution >= 0.6 is 0 Å². The number of fused-ring (bicyclic) bond motifs is 1. The first-order chi connectivity index (χ1) is 13.3. The largest absolute Gasteiger partial charge is 0.416 e. The van der Waals surface area contributed by atoms with Crippen LogP contribution in [0.15, 0.2) is 42.6 Å². The Kier molecular flexibility index (Phi) is 4.62. The highest BCUT2D eigenvalue weighted by molar-refractivity contribution is 5.75. The normalized spacial score (nSPS) is 17.9. The van der Waals surface area contributed by atoms with Gasteiger partial charge in [-0.1, -0.05) is 12.1 Å². The minimum atomic E-state index is -4.40. The Balaban J connectivity index is 1.57. The van der Waals surface area contributed by atoms with Crippen LogP contribution in [-0.2, 0) is 10.9 Å². The maximum Gasteiger partial charge on any atom is 0.416 e. The molecular weight excluding hydrogens is 381 g/mol. The van der Waals surface area contributed by atoms with E-state index in [0.717, 1.165) is 24.3 Å². The van der Waals surface area contributed by atoms with E-state index in [9.17, 15) is 22.0 Å². The summed E-state index contributed by atoms with van der Waals surface area (Å²) in [5.74, 6) is -1.55. The molecule has 1 fully saturated rings. The van der Waals surface area contributed by atoms with Crippen molar-refractivity contribution in [2.75, 3.05) is 24.6 Å². The zero-order valence-electron chi connectivity index (χ0n) is 14.4. The van der Waals surface area contributed by atoms with Crippen LogP contribution in [0.5, 0.6) is 0 Å². The lowest BCUT2D eigenvalue weighted by Gasteiger charge is -2.34. The van der Waals surface area contributed by atoms with Crippen molar-refractivity contribution in [1.82, 2.24) is 9.97 Å². The highest BCUT2D eigenvalue weighted by Crippen LogP contribution is 2.31. The zero-order chi connectivity index (χ0) is 19.9. The van der Waals surface area contributed by atoms with Gasteiger partial charge in [0.2, 0.25) is 0 Å². The van der Waals surface area contributed by atoms with Crippen molar-refractivity contribution in [2.24, 2.45) is 0 Å². The van der Waals surface area contributed by atoms with Crippen molar-refractivity contribution in [2.45, 2.75) is 12.3 Å². The molecule has 0 N–H and O–H groups in total. The van der Waals surface area contributed by atoms with Gasteiger partial charge in [0.05, 0.1) is 29.4 Å². The molecule has 146 valence electrons. The summed E-state index contributed by atoms with van der Waals surface area (Å²) in [5.41, 5.74) is 0.335. The van der Waals surface area contributed by atoms with Crippen LogP contribution in [0.3, 0.4) is 0 Å². The molecule has 1 atom stereocenters. The lowest BCUT2D eigenvalue weighted by atomic mass is 10.1. The number of aromatic nitrogens is 2. The van der Waals surface area contributed by atoms with E-state index in [2.05, 4.69) is 9.97 Å². The predicted octanol–water partition coefficient (Wildman–Crippen LogP) is 4.50. The van der Waals surface area contributed by atoms with Crippen molar-refractivity contribution < 1.29 is 26.7 Å². The van der Waals surface area contributed by atoms with Gasteiger partial charge in [-0.25, -0.2) is 13.8 Å². The van der Waals surface area contributed by atoms with E-state index in [4.69, 9.17) is 4.74 Å². The second kappa shape index (κ2) is 6.97.